The fourth-order valence-corrected chi connectivity index (χ4v) is 3.79. The number of rotatable bonds is 5. The molecule has 1 fully saturated rings. The third kappa shape index (κ3) is 3.15. The number of pyridine rings is 1. The van der Waals surface area contributed by atoms with Gasteiger partial charge < -0.3 is 9.47 Å². The Hall–Kier alpha value is -2.91. The van der Waals surface area contributed by atoms with Crippen LogP contribution in [0.5, 0.6) is 0 Å². The summed E-state index contributed by atoms with van der Waals surface area (Å²) in [5.74, 6) is 1.46. The first-order valence-electron chi connectivity index (χ1n) is 9.30. The molecule has 1 aromatic carbocycles. The van der Waals surface area contributed by atoms with E-state index in [-0.39, 0.29) is 0 Å². The van der Waals surface area contributed by atoms with Gasteiger partial charge >= 0.3 is 0 Å². The van der Waals surface area contributed by atoms with Crippen LogP contribution in [0.1, 0.15) is 24.0 Å². The van der Waals surface area contributed by atoms with E-state index in [0.717, 1.165) is 36.4 Å². The van der Waals surface area contributed by atoms with Gasteiger partial charge in [-0.3, -0.25) is 4.85 Å². The van der Waals surface area contributed by atoms with Crippen LogP contribution in [-0.2, 0) is 13.5 Å². The lowest BCUT2D eigenvalue weighted by Crippen LogP contribution is -2.44. The minimum absolute atomic E-state index is 0.514. The van der Waals surface area contributed by atoms with E-state index in [9.17, 15) is 0 Å². The van der Waals surface area contributed by atoms with Crippen LogP contribution in [0.2, 0.25) is 0 Å². The maximum absolute atomic E-state index is 6.98. The lowest BCUT2D eigenvalue weighted by Gasteiger charge is -2.36. The largest absolute Gasteiger partial charge is 0.334 e. The SMILES string of the molecule is [C-]#[N+]CN1CC(c2ccc(N(C)c3cc4c(cn3)ncn4C)c(CC)c2)C1. The van der Waals surface area contributed by atoms with Crippen LogP contribution in [0.25, 0.3) is 15.9 Å². The van der Waals surface area contributed by atoms with Gasteiger partial charge in [0.1, 0.15) is 11.3 Å². The Morgan fingerprint density at radius 1 is 1.26 bits per heavy atom. The summed E-state index contributed by atoms with van der Waals surface area (Å²) in [5.41, 5.74) is 5.88. The quantitative estimate of drug-likeness (QED) is 0.652. The fraction of sp³-hybridized carbons (Fsp3) is 0.381. The van der Waals surface area contributed by atoms with Crippen LogP contribution in [0, 0.1) is 6.57 Å². The second-order valence-corrected chi connectivity index (χ2v) is 7.22. The molecule has 3 heterocycles. The van der Waals surface area contributed by atoms with Crippen LogP contribution in [-0.4, -0.2) is 46.2 Å². The second-order valence-electron chi connectivity index (χ2n) is 7.22. The number of aromatic nitrogens is 3. The van der Waals surface area contributed by atoms with Gasteiger partial charge in [-0.25, -0.2) is 21.4 Å². The highest BCUT2D eigenvalue weighted by Crippen LogP contribution is 2.33. The fourth-order valence-electron chi connectivity index (χ4n) is 3.79. The Morgan fingerprint density at radius 2 is 2.07 bits per heavy atom. The van der Waals surface area contributed by atoms with Gasteiger partial charge in [0, 0.05) is 44.9 Å². The van der Waals surface area contributed by atoms with Crippen LogP contribution in [0.4, 0.5) is 11.5 Å². The number of benzene rings is 1. The smallest absolute Gasteiger partial charge is 0.270 e. The Bertz CT molecular complexity index is 1010. The van der Waals surface area contributed by atoms with Gasteiger partial charge in [0.25, 0.3) is 6.67 Å². The van der Waals surface area contributed by atoms with Crippen molar-refractivity contribution in [2.75, 3.05) is 31.7 Å². The van der Waals surface area contributed by atoms with Crippen LogP contribution in [0.3, 0.4) is 0 Å². The van der Waals surface area contributed by atoms with Crippen molar-refractivity contribution in [3.05, 3.63) is 59.3 Å². The summed E-state index contributed by atoms with van der Waals surface area (Å²) in [6, 6.07) is 8.85. The van der Waals surface area contributed by atoms with E-state index in [0.29, 0.717) is 12.6 Å². The highest BCUT2D eigenvalue weighted by atomic mass is 15.2. The zero-order valence-electron chi connectivity index (χ0n) is 16.1. The van der Waals surface area contributed by atoms with Gasteiger partial charge in [-0.05, 0) is 23.6 Å². The summed E-state index contributed by atoms with van der Waals surface area (Å²) in [6.07, 6.45) is 4.62. The molecule has 0 amide bonds. The van der Waals surface area contributed by atoms with Crippen LogP contribution < -0.4 is 4.90 Å². The minimum atomic E-state index is 0.514. The molecule has 0 radical (unpaired) electrons. The third-order valence-electron chi connectivity index (χ3n) is 5.49. The average Bonchev–Trinajstić information content (AvgIpc) is 3.03. The molecular formula is C21H24N6. The number of likely N-dealkylation sites (tertiary alicyclic amines) is 1. The Morgan fingerprint density at radius 3 is 2.81 bits per heavy atom. The van der Waals surface area contributed by atoms with E-state index in [2.05, 4.69) is 62.8 Å². The molecule has 6 nitrogen and oxygen atoms in total. The lowest BCUT2D eigenvalue weighted by molar-refractivity contribution is 0.166. The molecule has 2 aromatic heterocycles. The Labute approximate surface area is 159 Å². The van der Waals surface area contributed by atoms with Crippen LogP contribution in [0.15, 0.2) is 36.8 Å². The molecule has 4 rings (SSSR count). The highest BCUT2D eigenvalue weighted by molar-refractivity contribution is 5.79. The zero-order valence-corrected chi connectivity index (χ0v) is 16.1. The molecule has 1 aliphatic heterocycles. The van der Waals surface area contributed by atoms with Crippen molar-refractivity contribution >= 4 is 22.5 Å². The van der Waals surface area contributed by atoms with Crippen molar-refractivity contribution < 1.29 is 0 Å². The van der Waals surface area contributed by atoms with Crippen molar-refractivity contribution in [3.63, 3.8) is 0 Å². The number of aryl methyl sites for hydroxylation is 2. The number of nitrogens with zero attached hydrogens (tertiary/aromatic N) is 6. The van der Waals surface area contributed by atoms with Crippen molar-refractivity contribution in [2.24, 2.45) is 7.05 Å². The normalized spacial score (nSPS) is 14.9. The number of hydrogen-bond acceptors (Lipinski definition) is 4. The standard InChI is InChI=1S/C21H24N6/c1-5-15-8-16(17-11-27(12-17)13-22-2)6-7-19(15)26(4)21-9-20-18(10-23-21)24-14-25(20)3/h6-10,14,17H,5,11-13H2,1,3-4H3. The predicted octanol–water partition coefficient (Wildman–Crippen LogP) is 3.57. The monoisotopic (exact) mass is 360 g/mol. The molecule has 0 aliphatic carbocycles. The minimum Gasteiger partial charge on any atom is -0.334 e. The predicted molar refractivity (Wildman–Crippen MR) is 108 cm³/mol. The molecule has 0 N–H and O–H groups in total. The highest BCUT2D eigenvalue weighted by Gasteiger charge is 2.29. The molecular weight excluding hydrogens is 336 g/mol. The topological polar surface area (TPSA) is 41.6 Å². The second kappa shape index (κ2) is 7.01. The zero-order chi connectivity index (χ0) is 19.0. The molecule has 0 atom stereocenters. The number of anilines is 2. The molecule has 0 spiro atoms. The molecule has 0 bridgehead atoms. The first-order valence-corrected chi connectivity index (χ1v) is 9.30. The first-order chi connectivity index (χ1) is 13.1. The Kier molecular flexibility index (Phi) is 4.54. The van der Waals surface area contributed by atoms with Crippen molar-refractivity contribution in [2.45, 2.75) is 19.3 Å². The summed E-state index contributed by atoms with van der Waals surface area (Å²) in [7, 11) is 4.07. The molecule has 0 saturated carbocycles. The maximum atomic E-state index is 6.98. The first kappa shape index (κ1) is 17.5. The lowest BCUT2D eigenvalue weighted by atomic mass is 9.90. The summed E-state index contributed by atoms with van der Waals surface area (Å²) >= 11 is 0. The molecule has 3 aromatic rings. The molecule has 1 saturated heterocycles. The summed E-state index contributed by atoms with van der Waals surface area (Å²) in [4.78, 5) is 16.8. The van der Waals surface area contributed by atoms with Gasteiger partial charge in [-0.2, -0.15) is 0 Å². The van der Waals surface area contributed by atoms with Crippen LogP contribution >= 0.6 is 0 Å². The summed E-state index contributed by atoms with van der Waals surface area (Å²) in [6.45, 7) is 11.7. The molecule has 6 heteroatoms. The molecule has 27 heavy (non-hydrogen) atoms. The van der Waals surface area contributed by atoms with Crippen molar-refractivity contribution in [3.8, 4) is 0 Å². The third-order valence-corrected chi connectivity index (χ3v) is 5.49. The maximum Gasteiger partial charge on any atom is 0.270 e. The van der Waals surface area contributed by atoms with E-state index < -0.39 is 0 Å². The van der Waals surface area contributed by atoms with E-state index in [1.54, 1.807) is 0 Å². The molecule has 138 valence electrons. The Balaban J connectivity index is 1.60. The van der Waals surface area contributed by atoms with Gasteiger partial charge in [0.05, 0.1) is 18.0 Å². The van der Waals surface area contributed by atoms with Crippen molar-refractivity contribution in [1.29, 1.82) is 0 Å². The average molecular weight is 360 g/mol. The van der Waals surface area contributed by atoms with E-state index in [4.69, 9.17) is 6.57 Å². The van der Waals surface area contributed by atoms with E-state index in [1.165, 1.54) is 16.8 Å². The summed E-state index contributed by atoms with van der Waals surface area (Å²) < 4.78 is 2.02. The molecule has 0 unspecified atom stereocenters. The summed E-state index contributed by atoms with van der Waals surface area (Å²) in [5, 5.41) is 0. The van der Waals surface area contributed by atoms with Gasteiger partial charge in [-0.15, -0.1) is 0 Å². The van der Waals surface area contributed by atoms with E-state index in [1.807, 2.05) is 24.1 Å². The molecule has 1 aliphatic rings. The number of imidazole rings is 1. The number of hydrogen-bond donors (Lipinski definition) is 0. The number of fused-ring (bicyclic) bond motifs is 1. The van der Waals surface area contributed by atoms with Gasteiger partial charge in [-0.1, -0.05) is 19.1 Å². The van der Waals surface area contributed by atoms with Gasteiger partial charge in [0.2, 0.25) is 0 Å². The van der Waals surface area contributed by atoms with E-state index >= 15 is 0 Å². The van der Waals surface area contributed by atoms with Crippen molar-refractivity contribution in [1.82, 2.24) is 19.4 Å². The van der Waals surface area contributed by atoms with Gasteiger partial charge in [0.15, 0.2) is 0 Å².